The lowest BCUT2D eigenvalue weighted by molar-refractivity contribution is -0.0508. The van der Waals surface area contributed by atoms with Gasteiger partial charge in [0.2, 0.25) is 5.95 Å². The fourth-order valence-corrected chi connectivity index (χ4v) is 2.56. The molecule has 0 bridgehead atoms. The number of nitrogens with two attached hydrogens (primary N) is 1. The normalized spacial score (nSPS) is 29.4. The summed E-state index contributed by atoms with van der Waals surface area (Å²) in [5.74, 6) is -1.13. The van der Waals surface area contributed by atoms with Crippen molar-refractivity contribution >= 4 is 28.5 Å². The summed E-state index contributed by atoms with van der Waals surface area (Å²) < 4.78 is 20.1. The van der Waals surface area contributed by atoms with E-state index in [1.54, 1.807) is 0 Å². The van der Waals surface area contributed by atoms with Gasteiger partial charge in [-0.15, -0.1) is 0 Å². The highest BCUT2D eigenvalue weighted by atomic mass is 35.5. The molecule has 1 fully saturated rings. The van der Waals surface area contributed by atoms with Crippen molar-refractivity contribution in [2.45, 2.75) is 24.5 Å². The number of anilines is 1. The number of aliphatic hydroxyl groups is 3. The minimum absolute atomic E-state index is 0.0689. The van der Waals surface area contributed by atoms with Gasteiger partial charge < -0.3 is 25.8 Å². The third-order valence-corrected chi connectivity index (χ3v) is 3.77. The van der Waals surface area contributed by atoms with Crippen LogP contribution in [-0.4, -0.2) is 54.8 Å². The second kappa shape index (κ2) is 5.04. The molecule has 0 unspecified atom stereocenters. The minimum atomic E-state index is -1.32. The first-order chi connectivity index (χ1) is 9.95. The average molecular weight is 319 g/mol. The van der Waals surface area contributed by atoms with Gasteiger partial charge in [-0.2, -0.15) is 9.37 Å². The number of hydrogen-bond donors (Lipinski definition) is 4. The Labute approximate surface area is 122 Å². The first-order valence-corrected chi connectivity index (χ1v) is 6.43. The molecule has 21 heavy (non-hydrogen) atoms. The van der Waals surface area contributed by atoms with Crippen molar-refractivity contribution in [3.8, 4) is 0 Å². The maximum atomic E-state index is 13.4. The summed E-state index contributed by atoms with van der Waals surface area (Å²) in [4.78, 5) is 7.39. The summed E-state index contributed by atoms with van der Waals surface area (Å²) in [6.45, 7) is -0.468. The maximum Gasteiger partial charge on any atom is 0.235 e. The lowest BCUT2D eigenvalue weighted by Gasteiger charge is -2.17. The fraction of sp³-hybridized carbons (Fsp3) is 0.455. The van der Waals surface area contributed by atoms with E-state index in [1.165, 1.54) is 10.9 Å². The Balaban J connectivity index is 2.12. The zero-order valence-corrected chi connectivity index (χ0v) is 11.3. The summed E-state index contributed by atoms with van der Waals surface area (Å²) in [5.41, 5.74) is 5.91. The smallest absolute Gasteiger partial charge is 0.235 e. The van der Waals surface area contributed by atoms with Gasteiger partial charge in [-0.1, -0.05) is 11.6 Å². The number of halogens is 2. The molecule has 1 saturated heterocycles. The van der Waals surface area contributed by atoms with Gasteiger partial charge in [-0.3, -0.25) is 4.57 Å². The highest BCUT2D eigenvalue weighted by Crippen LogP contribution is 2.35. The van der Waals surface area contributed by atoms with E-state index < -0.39 is 37.1 Å². The molecular formula is C11H12ClFN4O4. The maximum absolute atomic E-state index is 13.4. The third-order valence-electron chi connectivity index (χ3n) is 3.44. The van der Waals surface area contributed by atoms with Crippen molar-refractivity contribution in [1.82, 2.24) is 14.5 Å². The van der Waals surface area contributed by atoms with Crippen molar-refractivity contribution in [2.75, 3.05) is 12.3 Å². The number of nitrogen functional groups attached to an aromatic ring is 1. The first-order valence-electron chi connectivity index (χ1n) is 6.05. The number of pyridine rings is 1. The predicted molar refractivity (Wildman–Crippen MR) is 69.9 cm³/mol. The number of aliphatic hydroxyl groups excluding tert-OH is 3. The van der Waals surface area contributed by atoms with Gasteiger partial charge in [0.25, 0.3) is 0 Å². The number of fused-ring (bicyclic) bond motifs is 1. The van der Waals surface area contributed by atoms with Crippen LogP contribution in [0.15, 0.2) is 6.33 Å². The van der Waals surface area contributed by atoms with Gasteiger partial charge >= 0.3 is 0 Å². The number of nitrogens with zero attached hydrogens (tertiary/aromatic N) is 3. The predicted octanol–water partition coefficient (Wildman–Crippen LogP) is -0.583. The van der Waals surface area contributed by atoms with Crippen molar-refractivity contribution in [3.63, 3.8) is 0 Å². The average Bonchev–Trinajstić information content (AvgIpc) is 3.00. The van der Waals surface area contributed by atoms with E-state index in [9.17, 15) is 14.6 Å². The quantitative estimate of drug-likeness (QED) is 0.545. The van der Waals surface area contributed by atoms with Crippen LogP contribution >= 0.6 is 11.6 Å². The Bertz CT molecular complexity index is 696. The van der Waals surface area contributed by atoms with E-state index in [1.807, 2.05) is 0 Å². The van der Waals surface area contributed by atoms with Crippen LogP contribution < -0.4 is 5.73 Å². The number of imidazole rings is 1. The molecule has 2 aromatic heterocycles. The zero-order chi connectivity index (χ0) is 15.3. The molecule has 0 aliphatic carbocycles. The first kappa shape index (κ1) is 14.4. The van der Waals surface area contributed by atoms with Crippen molar-refractivity contribution in [3.05, 3.63) is 17.3 Å². The summed E-state index contributed by atoms with van der Waals surface area (Å²) in [7, 11) is 0. The standard InChI is InChI=1S/C11H12ClFN4O4/c12-4-5-6(10(14)16-9(4)13)17(2-15-5)11-8(20)7(19)3(1-18)21-11/h2-3,7-8,11,18-20H,1H2,(H2,14,16)/t3-,7-,8-,11+/m1/s1. The Morgan fingerprint density at radius 2 is 2.14 bits per heavy atom. The lowest BCUT2D eigenvalue weighted by Crippen LogP contribution is -2.33. The Hall–Kier alpha value is -1.52. The van der Waals surface area contributed by atoms with Crippen LogP contribution in [0.2, 0.25) is 5.02 Å². The molecule has 4 atom stereocenters. The molecule has 0 radical (unpaired) electrons. The van der Waals surface area contributed by atoms with Gasteiger partial charge in [0.1, 0.15) is 34.4 Å². The van der Waals surface area contributed by atoms with Crippen LogP contribution in [-0.2, 0) is 4.74 Å². The Morgan fingerprint density at radius 3 is 2.76 bits per heavy atom. The summed E-state index contributed by atoms with van der Waals surface area (Å²) in [5, 5.41) is 28.6. The summed E-state index contributed by atoms with van der Waals surface area (Å²) >= 11 is 5.78. The van der Waals surface area contributed by atoms with Gasteiger partial charge in [0.05, 0.1) is 12.9 Å². The molecule has 1 aliphatic heterocycles. The monoisotopic (exact) mass is 318 g/mol. The SMILES string of the molecule is Nc1nc(F)c(Cl)c2ncn([C@H]3O[C@H](CO)[C@@H](O)[C@H]3O)c12. The summed E-state index contributed by atoms with van der Waals surface area (Å²) in [6, 6.07) is 0. The van der Waals surface area contributed by atoms with Crippen molar-refractivity contribution < 1.29 is 24.4 Å². The van der Waals surface area contributed by atoms with E-state index in [4.69, 9.17) is 27.2 Å². The topological polar surface area (TPSA) is 127 Å². The van der Waals surface area contributed by atoms with Gasteiger partial charge in [0, 0.05) is 0 Å². The molecule has 2 aromatic rings. The van der Waals surface area contributed by atoms with Gasteiger partial charge in [-0.05, 0) is 0 Å². The molecule has 5 N–H and O–H groups in total. The van der Waals surface area contributed by atoms with E-state index in [0.29, 0.717) is 0 Å². The summed E-state index contributed by atoms with van der Waals surface area (Å²) in [6.07, 6.45) is -3.35. The molecule has 0 aromatic carbocycles. The molecule has 3 heterocycles. The van der Waals surface area contributed by atoms with E-state index in [-0.39, 0.29) is 21.9 Å². The van der Waals surface area contributed by atoms with Gasteiger partial charge in [0.15, 0.2) is 12.0 Å². The van der Waals surface area contributed by atoms with Crippen LogP contribution in [0.25, 0.3) is 11.0 Å². The van der Waals surface area contributed by atoms with E-state index in [0.717, 1.165) is 0 Å². The molecule has 3 rings (SSSR count). The Kier molecular flexibility index (Phi) is 3.46. The number of ether oxygens (including phenoxy) is 1. The van der Waals surface area contributed by atoms with Crippen LogP contribution in [0.1, 0.15) is 6.23 Å². The second-order valence-electron chi connectivity index (χ2n) is 4.68. The number of rotatable bonds is 2. The molecular weight excluding hydrogens is 307 g/mol. The van der Waals surface area contributed by atoms with Crippen molar-refractivity contribution in [1.29, 1.82) is 0 Å². The molecule has 0 spiro atoms. The Morgan fingerprint density at radius 1 is 1.43 bits per heavy atom. The second-order valence-corrected chi connectivity index (χ2v) is 5.06. The van der Waals surface area contributed by atoms with E-state index in [2.05, 4.69) is 9.97 Å². The highest BCUT2D eigenvalue weighted by molar-refractivity contribution is 6.35. The lowest BCUT2D eigenvalue weighted by atomic mass is 10.1. The molecule has 0 saturated carbocycles. The van der Waals surface area contributed by atoms with Crippen LogP contribution in [0.5, 0.6) is 0 Å². The highest BCUT2D eigenvalue weighted by Gasteiger charge is 2.44. The minimum Gasteiger partial charge on any atom is -0.394 e. The van der Waals surface area contributed by atoms with Crippen LogP contribution in [0.4, 0.5) is 10.2 Å². The van der Waals surface area contributed by atoms with E-state index >= 15 is 0 Å². The molecule has 8 nitrogen and oxygen atoms in total. The van der Waals surface area contributed by atoms with Crippen molar-refractivity contribution in [2.24, 2.45) is 0 Å². The third kappa shape index (κ3) is 2.05. The largest absolute Gasteiger partial charge is 0.394 e. The number of aromatic nitrogens is 3. The zero-order valence-electron chi connectivity index (χ0n) is 10.5. The molecule has 0 amide bonds. The van der Waals surface area contributed by atoms with Gasteiger partial charge in [-0.25, -0.2) is 4.98 Å². The fourth-order valence-electron chi connectivity index (χ4n) is 2.38. The van der Waals surface area contributed by atoms with Crippen LogP contribution in [0.3, 0.4) is 0 Å². The molecule has 114 valence electrons. The molecule has 1 aliphatic rings. The molecule has 10 heteroatoms. The number of hydrogen-bond acceptors (Lipinski definition) is 7. The van der Waals surface area contributed by atoms with Crippen LogP contribution in [0, 0.1) is 5.95 Å².